The SMILES string of the molecule is Cc1ccccc1-c1n2c3ccccc3c3ccccc3c3ccccc3c3ccc(I)c(c32)[n+]1C. The van der Waals surface area contributed by atoms with Crippen molar-refractivity contribution >= 4 is 71.5 Å². The summed E-state index contributed by atoms with van der Waals surface area (Å²) in [6.45, 7) is 2.21. The maximum absolute atomic E-state index is 2.50. The maximum Gasteiger partial charge on any atom is 0.295 e. The minimum Gasteiger partial charge on any atom is -0.224 e. The average molecular weight is 575 g/mol. The molecule has 0 radical (unpaired) electrons. The third-order valence-electron chi connectivity index (χ3n) is 7.45. The van der Waals surface area contributed by atoms with Gasteiger partial charge < -0.3 is 0 Å². The van der Waals surface area contributed by atoms with E-state index < -0.39 is 0 Å². The Morgan fingerprint density at radius 1 is 0.583 bits per heavy atom. The molecule has 0 bridgehead atoms. The van der Waals surface area contributed by atoms with Gasteiger partial charge in [0, 0.05) is 10.8 Å². The number of hydrogen-bond donors (Lipinski definition) is 0. The van der Waals surface area contributed by atoms with Gasteiger partial charge in [0.2, 0.25) is 0 Å². The minimum atomic E-state index is 1.19. The van der Waals surface area contributed by atoms with Gasteiger partial charge in [0.15, 0.2) is 11.0 Å². The number of fused-ring (bicyclic) bond motifs is 7. The zero-order valence-corrected chi connectivity index (χ0v) is 22.3. The van der Waals surface area contributed by atoms with E-state index in [1.165, 1.54) is 69.4 Å². The lowest BCUT2D eigenvalue weighted by Gasteiger charge is -2.04. The van der Waals surface area contributed by atoms with Gasteiger partial charge >= 0.3 is 0 Å². The fourth-order valence-corrected chi connectivity index (χ4v) is 6.64. The van der Waals surface area contributed by atoms with E-state index in [1.54, 1.807) is 0 Å². The lowest BCUT2D eigenvalue weighted by Crippen LogP contribution is -2.30. The summed E-state index contributed by atoms with van der Waals surface area (Å²) in [5, 5.41) is 7.53. The van der Waals surface area contributed by atoms with Gasteiger partial charge in [-0.2, -0.15) is 4.40 Å². The number of imidazole rings is 1. The zero-order chi connectivity index (χ0) is 24.4. The monoisotopic (exact) mass is 575 g/mol. The second kappa shape index (κ2) is 8.17. The average Bonchev–Trinajstić information content (AvgIpc) is 3.23. The van der Waals surface area contributed by atoms with E-state index in [0.29, 0.717) is 0 Å². The highest BCUT2D eigenvalue weighted by Gasteiger charge is 2.28. The number of halogens is 1. The van der Waals surface area contributed by atoms with Crippen molar-refractivity contribution in [1.82, 2.24) is 4.40 Å². The molecule has 0 N–H and O–H groups in total. The number of benzene rings is 5. The molecule has 0 amide bonds. The van der Waals surface area contributed by atoms with Crippen LogP contribution in [-0.4, -0.2) is 4.40 Å². The lowest BCUT2D eigenvalue weighted by molar-refractivity contribution is -0.633. The summed E-state index contributed by atoms with van der Waals surface area (Å²) in [5.74, 6) is 1.19. The highest BCUT2D eigenvalue weighted by atomic mass is 127. The summed E-state index contributed by atoms with van der Waals surface area (Å²) < 4.78 is 6.13. The Labute approximate surface area is 223 Å². The van der Waals surface area contributed by atoms with Gasteiger partial charge in [0.05, 0.1) is 16.2 Å². The van der Waals surface area contributed by atoms with Crippen LogP contribution in [0.4, 0.5) is 0 Å². The van der Waals surface area contributed by atoms with E-state index in [1.807, 2.05) is 0 Å². The first-order valence-corrected chi connectivity index (χ1v) is 13.3. The first kappa shape index (κ1) is 21.6. The van der Waals surface area contributed by atoms with Crippen LogP contribution in [0.15, 0.2) is 109 Å². The van der Waals surface area contributed by atoms with Crippen molar-refractivity contribution in [3.63, 3.8) is 0 Å². The highest BCUT2D eigenvalue weighted by Crippen LogP contribution is 2.37. The summed E-state index contributed by atoms with van der Waals surface area (Å²) >= 11 is 2.50. The third-order valence-corrected chi connectivity index (χ3v) is 8.32. The molecule has 0 spiro atoms. The Morgan fingerprint density at radius 3 is 1.78 bits per heavy atom. The Kier molecular flexibility index (Phi) is 4.90. The fourth-order valence-electron chi connectivity index (χ4n) is 5.84. The molecule has 36 heavy (non-hydrogen) atoms. The Morgan fingerprint density at radius 2 is 1.11 bits per heavy atom. The number of nitrogens with zero attached hydrogens (tertiary/aromatic N) is 2. The van der Waals surface area contributed by atoms with Crippen molar-refractivity contribution in [1.29, 1.82) is 0 Å². The molecule has 5 aromatic carbocycles. The number of aryl methyl sites for hydroxylation is 2. The number of hydrogen-bond acceptors (Lipinski definition) is 0. The molecule has 0 aliphatic carbocycles. The first-order chi connectivity index (χ1) is 17.6. The fraction of sp³-hybridized carbons (Fsp3) is 0.0606. The number of rotatable bonds is 1. The molecule has 0 aliphatic heterocycles. The Bertz CT molecular complexity index is 2030. The second-order valence-corrected chi connectivity index (χ2v) is 10.6. The normalized spacial score (nSPS) is 11.8. The molecule has 2 heterocycles. The quantitative estimate of drug-likeness (QED) is 0.137. The third kappa shape index (κ3) is 2.99. The smallest absolute Gasteiger partial charge is 0.224 e. The van der Waals surface area contributed by atoms with Crippen LogP contribution in [0.25, 0.3) is 60.3 Å². The number of para-hydroxylation sites is 1. The standard InChI is InChI=1S/C33H24IN2/c1-21-11-3-4-12-22(21)33-35(2)32-29(34)20-19-28-26-16-8-6-14-24(26)23-13-5-7-15-25(23)27-17-9-10-18-30(27)36(33)31(28)32/h3-20H,1-2H3/q+1. The largest absolute Gasteiger partial charge is 0.295 e. The summed E-state index contributed by atoms with van der Waals surface area (Å²) in [5.41, 5.74) is 6.21. The van der Waals surface area contributed by atoms with Gasteiger partial charge in [0.1, 0.15) is 5.52 Å². The van der Waals surface area contributed by atoms with Crippen LogP contribution < -0.4 is 4.57 Å². The van der Waals surface area contributed by atoms with Gasteiger partial charge in [-0.15, -0.1) is 0 Å². The van der Waals surface area contributed by atoms with Crippen molar-refractivity contribution in [3.05, 3.63) is 118 Å². The van der Waals surface area contributed by atoms with E-state index in [0.717, 1.165) is 0 Å². The maximum atomic E-state index is 2.50. The van der Waals surface area contributed by atoms with E-state index in [2.05, 4.69) is 155 Å². The van der Waals surface area contributed by atoms with Crippen LogP contribution in [0.2, 0.25) is 0 Å². The van der Waals surface area contributed by atoms with Gasteiger partial charge in [-0.3, -0.25) is 0 Å². The molecule has 0 atom stereocenters. The van der Waals surface area contributed by atoms with E-state index in [-0.39, 0.29) is 0 Å². The van der Waals surface area contributed by atoms with Crippen molar-refractivity contribution in [3.8, 4) is 11.4 Å². The molecule has 2 aromatic heterocycles. The van der Waals surface area contributed by atoms with Gasteiger partial charge in [0.25, 0.3) is 5.82 Å². The topological polar surface area (TPSA) is 8.29 Å². The molecular weight excluding hydrogens is 551 g/mol. The Balaban J connectivity index is 1.97. The molecule has 172 valence electrons. The van der Waals surface area contributed by atoms with E-state index in [4.69, 9.17) is 0 Å². The predicted octanol–water partition coefficient (Wildman–Crippen LogP) is 8.52. The van der Waals surface area contributed by atoms with Gasteiger partial charge in [-0.1, -0.05) is 84.9 Å². The number of aromatic nitrogens is 2. The van der Waals surface area contributed by atoms with Gasteiger partial charge in [-0.25, -0.2) is 4.57 Å². The molecule has 7 aromatic rings. The summed E-state index contributed by atoms with van der Waals surface area (Å²) in [6.07, 6.45) is 0. The Hall–Kier alpha value is -3.70. The molecule has 0 saturated carbocycles. The molecule has 0 aliphatic rings. The lowest BCUT2D eigenvalue weighted by atomic mass is 10.0. The van der Waals surface area contributed by atoms with Crippen LogP contribution in [0.3, 0.4) is 0 Å². The van der Waals surface area contributed by atoms with Crippen LogP contribution in [-0.2, 0) is 7.05 Å². The van der Waals surface area contributed by atoms with Crippen molar-refractivity contribution in [2.24, 2.45) is 7.05 Å². The van der Waals surface area contributed by atoms with Crippen LogP contribution in [0.5, 0.6) is 0 Å². The van der Waals surface area contributed by atoms with Crippen molar-refractivity contribution < 1.29 is 4.57 Å². The molecule has 0 unspecified atom stereocenters. The molecule has 3 heteroatoms. The molecule has 7 rings (SSSR count). The second-order valence-electron chi connectivity index (χ2n) is 9.43. The molecule has 0 fully saturated rings. The summed E-state index contributed by atoms with van der Waals surface area (Å²) in [7, 11) is 2.21. The van der Waals surface area contributed by atoms with Crippen molar-refractivity contribution in [2.45, 2.75) is 6.92 Å². The van der Waals surface area contributed by atoms with Crippen LogP contribution in [0.1, 0.15) is 5.56 Å². The summed E-state index contributed by atoms with van der Waals surface area (Å²) in [4.78, 5) is 0. The molecule has 2 nitrogen and oxygen atoms in total. The highest BCUT2D eigenvalue weighted by molar-refractivity contribution is 14.1. The van der Waals surface area contributed by atoms with Crippen LogP contribution in [0, 0.1) is 10.5 Å². The van der Waals surface area contributed by atoms with Crippen LogP contribution >= 0.6 is 22.6 Å². The zero-order valence-electron chi connectivity index (χ0n) is 20.2. The molecule has 0 saturated heterocycles. The molecular formula is C33H24IN2+. The summed E-state index contributed by atoms with van der Waals surface area (Å²) in [6, 6.07) is 39.8. The minimum absolute atomic E-state index is 1.19. The van der Waals surface area contributed by atoms with Crippen molar-refractivity contribution in [2.75, 3.05) is 0 Å². The van der Waals surface area contributed by atoms with Gasteiger partial charge in [-0.05, 0) is 80.9 Å². The predicted molar refractivity (Wildman–Crippen MR) is 160 cm³/mol. The van der Waals surface area contributed by atoms with E-state index >= 15 is 0 Å². The van der Waals surface area contributed by atoms with E-state index in [9.17, 15) is 0 Å². The first-order valence-electron chi connectivity index (χ1n) is 12.2.